The summed E-state index contributed by atoms with van der Waals surface area (Å²) in [6.07, 6.45) is 1.75. The molecule has 0 fully saturated rings. The molecule has 7 heteroatoms. The van der Waals surface area contributed by atoms with Gasteiger partial charge in [0.25, 0.3) is 0 Å². The summed E-state index contributed by atoms with van der Waals surface area (Å²) >= 11 is 1.26. The lowest BCUT2D eigenvalue weighted by Gasteiger charge is -1.95. The second-order valence-corrected chi connectivity index (χ2v) is 3.68. The Labute approximate surface area is 94.0 Å². The Morgan fingerprint density at radius 1 is 1.31 bits per heavy atom. The van der Waals surface area contributed by atoms with Gasteiger partial charge < -0.3 is 0 Å². The number of aromatic nitrogens is 5. The minimum atomic E-state index is 0.558. The van der Waals surface area contributed by atoms with Crippen LogP contribution < -0.4 is 0 Å². The van der Waals surface area contributed by atoms with Crippen LogP contribution in [0.3, 0.4) is 0 Å². The van der Waals surface area contributed by atoms with Crippen molar-refractivity contribution in [3.05, 3.63) is 29.3 Å². The fourth-order valence-electron chi connectivity index (χ4n) is 1.40. The Balaban J connectivity index is 2.26. The highest BCUT2D eigenvalue weighted by Gasteiger charge is 2.10. The van der Waals surface area contributed by atoms with Crippen LogP contribution in [-0.4, -0.2) is 24.2 Å². The number of hydrogen-bond donors (Lipinski definition) is 0. The van der Waals surface area contributed by atoms with Gasteiger partial charge in [-0.2, -0.15) is 5.26 Å². The number of pyridine rings is 1. The largest absolute Gasteiger partial charge is 0.281 e. The molecule has 0 aromatic carbocycles. The van der Waals surface area contributed by atoms with Crippen molar-refractivity contribution in [2.45, 2.75) is 0 Å². The van der Waals surface area contributed by atoms with E-state index in [0.29, 0.717) is 22.7 Å². The lowest BCUT2D eigenvalue weighted by molar-refractivity contribution is 1.06. The Morgan fingerprint density at radius 2 is 2.25 bits per heavy atom. The Bertz CT molecular complexity index is 678. The van der Waals surface area contributed by atoms with E-state index in [9.17, 15) is 0 Å². The highest BCUT2D eigenvalue weighted by Crippen LogP contribution is 2.16. The molecule has 0 saturated heterocycles. The van der Waals surface area contributed by atoms with E-state index in [1.807, 2.05) is 0 Å². The fraction of sp³-hybridized carbons (Fsp3) is 0. The summed E-state index contributed by atoms with van der Waals surface area (Å²) in [4.78, 5) is 0. The average Bonchev–Trinajstić information content (AvgIpc) is 2.96. The summed E-state index contributed by atoms with van der Waals surface area (Å²) in [5.41, 5.74) is 1.87. The summed E-state index contributed by atoms with van der Waals surface area (Å²) in [6, 6.07) is 5.44. The lowest BCUT2D eigenvalue weighted by Crippen LogP contribution is -1.90. The molecular weight excluding hydrogens is 224 g/mol. The third-order valence-electron chi connectivity index (χ3n) is 2.13. The molecule has 0 bridgehead atoms. The maximum atomic E-state index is 8.76. The zero-order valence-electron chi connectivity index (χ0n) is 7.90. The predicted octanol–water partition coefficient (Wildman–Crippen LogP) is 1.12. The van der Waals surface area contributed by atoms with Crippen LogP contribution in [-0.2, 0) is 0 Å². The van der Waals surface area contributed by atoms with Crippen LogP contribution in [0.15, 0.2) is 23.7 Å². The molecule has 3 rings (SSSR count). The van der Waals surface area contributed by atoms with E-state index in [4.69, 9.17) is 5.26 Å². The van der Waals surface area contributed by atoms with Gasteiger partial charge >= 0.3 is 0 Å². The van der Waals surface area contributed by atoms with Crippen molar-refractivity contribution in [1.82, 2.24) is 24.2 Å². The average molecular weight is 228 g/mol. The first-order valence-corrected chi connectivity index (χ1v) is 5.24. The second kappa shape index (κ2) is 3.36. The van der Waals surface area contributed by atoms with Crippen LogP contribution in [0.2, 0.25) is 0 Å². The molecule has 0 N–H and O–H groups in total. The van der Waals surface area contributed by atoms with Crippen LogP contribution in [0.5, 0.6) is 0 Å². The minimum absolute atomic E-state index is 0.558. The van der Waals surface area contributed by atoms with E-state index in [1.54, 1.807) is 28.1 Å². The van der Waals surface area contributed by atoms with Gasteiger partial charge in [0.1, 0.15) is 5.69 Å². The van der Waals surface area contributed by atoms with E-state index in [2.05, 4.69) is 25.9 Å². The van der Waals surface area contributed by atoms with Gasteiger partial charge in [-0.15, -0.1) is 15.3 Å². The molecule has 6 nitrogen and oxygen atoms in total. The summed E-state index contributed by atoms with van der Waals surface area (Å²) in [6.45, 7) is 0. The topological polar surface area (TPSA) is 79.8 Å². The summed E-state index contributed by atoms with van der Waals surface area (Å²) in [7, 11) is 0. The normalized spacial score (nSPS) is 10.4. The van der Waals surface area contributed by atoms with Crippen molar-refractivity contribution >= 4 is 17.2 Å². The summed E-state index contributed by atoms with van der Waals surface area (Å²) in [5.74, 6) is 0.633. The van der Waals surface area contributed by atoms with E-state index in [0.717, 1.165) is 0 Å². The van der Waals surface area contributed by atoms with Crippen LogP contribution in [0.1, 0.15) is 5.56 Å². The molecule has 16 heavy (non-hydrogen) atoms. The molecule has 3 aromatic rings. The van der Waals surface area contributed by atoms with Crippen molar-refractivity contribution in [2.75, 3.05) is 0 Å². The second-order valence-electron chi connectivity index (χ2n) is 3.07. The molecule has 0 unspecified atom stereocenters. The van der Waals surface area contributed by atoms with Gasteiger partial charge in [-0.25, -0.2) is 0 Å². The van der Waals surface area contributed by atoms with E-state index in [1.165, 1.54) is 11.5 Å². The zero-order valence-corrected chi connectivity index (χ0v) is 8.72. The number of nitrogens with zero attached hydrogens (tertiary/aromatic N) is 6. The Morgan fingerprint density at radius 3 is 3.00 bits per heavy atom. The third-order valence-corrected chi connectivity index (χ3v) is 2.63. The molecule has 0 amide bonds. The predicted molar refractivity (Wildman–Crippen MR) is 56.6 cm³/mol. The SMILES string of the molecule is N#Cc1ccn2c(-c3csnn3)nnc2c1. The smallest absolute Gasteiger partial charge is 0.189 e. The van der Waals surface area contributed by atoms with Crippen molar-refractivity contribution in [3.63, 3.8) is 0 Å². The Hall–Kier alpha value is -2.33. The van der Waals surface area contributed by atoms with Crippen molar-refractivity contribution in [1.29, 1.82) is 5.26 Å². The molecule has 3 aromatic heterocycles. The van der Waals surface area contributed by atoms with E-state index in [-0.39, 0.29) is 0 Å². The van der Waals surface area contributed by atoms with E-state index < -0.39 is 0 Å². The first-order valence-electron chi connectivity index (χ1n) is 4.41. The fourth-order valence-corrected chi connectivity index (χ4v) is 1.83. The zero-order chi connectivity index (χ0) is 11.0. The molecule has 0 aliphatic carbocycles. The van der Waals surface area contributed by atoms with Gasteiger partial charge in [0.05, 0.1) is 11.6 Å². The first kappa shape index (κ1) is 8.94. The number of rotatable bonds is 1. The maximum Gasteiger partial charge on any atom is 0.189 e. The van der Waals surface area contributed by atoms with Gasteiger partial charge in [-0.05, 0) is 17.6 Å². The molecule has 0 aliphatic heterocycles. The third kappa shape index (κ3) is 1.24. The first-order chi connectivity index (χ1) is 7.88. The van der Waals surface area contributed by atoms with Gasteiger partial charge in [-0.1, -0.05) is 4.49 Å². The lowest BCUT2D eigenvalue weighted by atomic mass is 10.3. The van der Waals surface area contributed by atoms with Gasteiger partial charge in [0.2, 0.25) is 0 Å². The summed E-state index contributed by atoms with van der Waals surface area (Å²) < 4.78 is 5.55. The number of nitriles is 1. The molecule has 3 heterocycles. The minimum Gasteiger partial charge on any atom is -0.281 e. The molecular formula is C9H4N6S. The molecule has 76 valence electrons. The van der Waals surface area contributed by atoms with Crippen molar-refractivity contribution < 1.29 is 0 Å². The van der Waals surface area contributed by atoms with Gasteiger partial charge in [0.15, 0.2) is 11.5 Å². The van der Waals surface area contributed by atoms with Crippen LogP contribution in [0.25, 0.3) is 17.2 Å². The number of hydrogen-bond acceptors (Lipinski definition) is 6. The molecule has 0 saturated carbocycles. The van der Waals surface area contributed by atoms with Gasteiger partial charge in [-0.3, -0.25) is 4.40 Å². The quantitative estimate of drug-likeness (QED) is 0.623. The van der Waals surface area contributed by atoms with Crippen LogP contribution in [0, 0.1) is 11.3 Å². The molecule has 0 atom stereocenters. The molecule has 0 aliphatic rings. The molecule has 0 radical (unpaired) electrons. The van der Waals surface area contributed by atoms with Crippen molar-refractivity contribution in [2.24, 2.45) is 0 Å². The summed E-state index contributed by atoms with van der Waals surface area (Å²) in [5, 5.41) is 22.5. The van der Waals surface area contributed by atoms with Crippen LogP contribution in [0.4, 0.5) is 0 Å². The standard InChI is InChI=1S/C9H4N6S/c10-4-6-1-2-15-8(3-6)12-13-9(15)7-5-16-14-11-7/h1-3,5H. The van der Waals surface area contributed by atoms with E-state index >= 15 is 0 Å². The number of fused-ring (bicyclic) bond motifs is 1. The van der Waals surface area contributed by atoms with Crippen LogP contribution >= 0.6 is 11.5 Å². The highest BCUT2D eigenvalue weighted by molar-refractivity contribution is 7.03. The molecule has 0 spiro atoms. The monoisotopic (exact) mass is 228 g/mol. The maximum absolute atomic E-state index is 8.76. The Kier molecular flexibility index (Phi) is 1.88. The van der Waals surface area contributed by atoms with Gasteiger partial charge in [0, 0.05) is 17.6 Å². The highest BCUT2D eigenvalue weighted by atomic mass is 32.1. The van der Waals surface area contributed by atoms with Crippen molar-refractivity contribution in [3.8, 4) is 17.6 Å².